The van der Waals surface area contributed by atoms with Crippen molar-refractivity contribution in [1.82, 2.24) is 25.6 Å². The lowest BCUT2D eigenvalue weighted by Gasteiger charge is -2.19. The van der Waals surface area contributed by atoms with Gasteiger partial charge in [0.2, 0.25) is 5.91 Å². The minimum Gasteiger partial charge on any atom is -0.480 e. The van der Waals surface area contributed by atoms with Gasteiger partial charge < -0.3 is 20.5 Å². The van der Waals surface area contributed by atoms with Crippen molar-refractivity contribution in [3.8, 4) is 0 Å². The first-order valence-corrected chi connectivity index (χ1v) is 9.19. The molecule has 1 aromatic carbocycles. The Morgan fingerprint density at radius 3 is 2.59 bits per heavy atom. The molecule has 1 heterocycles. The van der Waals surface area contributed by atoms with E-state index in [0.29, 0.717) is 12.1 Å². The molecule has 10 heteroatoms. The number of amides is 2. The van der Waals surface area contributed by atoms with Crippen LogP contribution in [0.15, 0.2) is 36.5 Å². The van der Waals surface area contributed by atoms with Gasteiger partial charge in [0.15, 0.2) is 0 Å². The van der Waals surface area contributed by atoms with E-state index < -0.39 is 18.1 Å². The fourth-order valence-electron chi connectivity index (χ4n) is 2.55. The van der Waals surface area contributed by atoms with Crippen molar-refractivity contribution in [3.05, 3.63) is 47.8 Å². The van der Waals surface area contributed by atoms with E-state index in [-0.39, 0.29) is 31.5 Å². The number of carboxylic acid groups (broad SMARTS) is 1. The molecule has 2 rings (SSSR count). The zero-order valence-corrected chi connectivity index (χ0v) is 16.4. The number of hydrogen-bond donors (Lipinski definition) is 3. The molecule has 156 valence electrons. The Morgan fingerprint density at radius 2 is 1.93 bits per heavy atom. The summed E-state index contributed by atoms with van der Waals surface area (Å²) in [6, 6.07) is 8.46. The van der Waals surface area contributed by atoms with Gasteiger partial charge in [-0.25, -0.2) is 9.48 Å². The molecule has 0 aliphatic rings. The second-order valence-corrected chi connectivity index (χ2v) is 6.91. The van der Waals surface area contributed by atoms with Crippen LogP contribution < -0.4 is 10.6 Å². The molecule has 0 saturated heterocycles. The number of carbonyl (C=O) groups excluding carboxylic acids is 2. The fraction of sp³-hybridized carbons (Fsp3) is 0.421. The average Bonchev–Trinajstić information content (AvgIpc) is 3.11. The average molecular weight is 403 g/mol. The topological polar surface area (TPSA) is 135 Å². The van der Waals surface area contributed by atoms with Crippen molar-refractivity contribution in [2.45, 2.75) is 46.0 Å². The van der Waals surface area contributed by atoms with E-state index in [0.717, 1.165) is 10.2 Å². The van der Waals surface area contributed by atoms with Crippen LogP contribution in [0.4, 0.5) is 4.79 Å². The standard InChI is InChI=1S/C19H25N5O5/c1-13(2)8-16(21-19(28)29-12-14-6-4-3-5-7-14)18(27)20-9-15-10-24(23-22-15)11-17(25)26/h3-7,10,13,16H,8-9,11-12H2,1-2H3,(H,20,27)(H,21,28)(H,25,26)/t16-/m0/s1. The molecule has 0 spiro atoms. The molecule has 3 N–H and O–H groups in total. The molecule has 10 nitrogen and oxygen atoms in total. The number of aromatic nitrogens is 3. The number of carbonyl (C=O) groups is 3. The van der Waals surface area contributed by atoms with Crippen LogP contribution in [0.25, 0.3) is 0 Å². The molecular weight excluding hydrogens is 378 g/mol. The summed E-state index contributed by atoms with van der Waals surface area (Å²) in [5, 5.41) is 21.5. The normalized spacial score (nSPS) is 11.7. The molecule has 1 aromatic heterocycles. The monoisotopic (exact) mass is 403 g/mol. The summed E-state index contributed by atoms with van der Waals surface area (Å²) >= 11 is 0. The Balaban J connectivity index is 1.87. The second-order valence-electron chi connectivity index (χ2n) is 6.91. The zero-order chi connectivity index (χ0) is 21.2. The molecule has 0 bridgehead atoms. The highest BCUT2D eigenvalue weighted by atomic mass is 16.5. The lowest BCUT2D eigenvalue weighted by molar-refractivity contribution is -0.138. The predicted octanol–water partition coefficient (Wildman–Crippen LogP) is 1.32. The van der Waals surface area contributed by atoms with E-state index in [4.69, 9.17) is 9.84 Å². The van der Waals surface area contributed by atoms with Gasteiger partial charge in [-0.15, -0.1) is 5.10 Å². The Hall–Kier alpha value is -3.43. The lowest BCUT2D eigenvalue weighted by atomic mass is 10.0. The highest BCUT2D eigenvalue weighted by Crippen LogP contribution is 2.07. The molecule has 0 radical (unpaired) electrons. The minimum atomic E-state index is -1.04. The van der Waals surface area contributed by atoms with Crippen LogP contribution in [0.3, 0.4) is 0 Å². The van der Waals surface area contributed by atoms with Gasteiger partial charge in [-0.1, -0.05) is 49.4 Å². The maximum Gasteiger partial charge on any atom is 0.408 e. The molecule has 0 fully saturated rings. The summed E-state index contributed by atoms with van der Waals surface area (Å²) in [4.78, 5) is 35.3. The van der Waals surface area contributed by atoms with Gasteiger partial charge in [-0.05, 0) is 17.9 Å². The quantitative estimate of drug-likeness (QED) is 0.544. The summed E-state index contributed by atoms with van der Waals surface area (Å²) in [6.07, 6.45) is 1.19. The molecule has 2 amide bonds. The molecule has 2 aromatic rings. The third kappa shape index (κ3) is 7.99. The third-order valence-corrected chi connectivity index (χ3v) is 3.86. The first-order valence-electron chi connectivity index (χ1n) is 9.19. The molecule has 1 atom stereocenters. The maximum absolute atomic E-state index is 12.5. The SMILES string of the molecule is CC(C)C[C@H](NC(=O)OCc1ccccc1)C(=O)NCc1cn(CC(=O)O)nn1. The number of hydrogen-bond acceptors (Lipinski definition) is 6. The summed E-state index contributed by atoms with van der Waals surface area (Å²) in [6.45, 7) is 3.73. The van der Waals surface area contributed by atoms with Crippen LogP contribution >= 0.6 is 0 Å². The highest BCUT2D eigenvalue weighted by molar-refractivity contribution is 5.85. The number of alkyl carbamates (subject to hydrolysis) is 1. The van der Waals surface area contributed by atoms with Crippen LogP contribution in [0.2, 0.25) is 0 Å². The molecule has 0 aliphatic heterocycles. The van der Waals surface area contributed by atoms with Gasteiger partial charge >= 0.3 is 12.1 Å². The lowest BCUT2D eigenvalue weighted by Crippen LogP contribution is -2.47. The van der Waals surface area contributed by atoms with Crippen molar-refractivity contribution < 1.29 is 24.2 Å². The van der Waals surface area contributed by atoms with Crippen LogP contribution in [0, 0.1) is 5.92 Å². The zero-order valence-electron chi connectivity index (χ0n) is 16.4. The Kier molecular flexibility index (Phi) is 8.13. The van der Waals surface area contributed by atoms with Gasteiger partial charge in [0.05, 0.1) is 12.7 Å². The fourth-order valence-corrected chi connectivity index (χ4v) is 2.55. The smallest absolute Gasteiger partial charge is 0.408 e. The summed E-state index contributed by atoms with van der Waals surface area (Å²) < 4.78 is 6.34. The van der Waals surface area contributed by atoms with E-state index in [1.807, 2.05) is 44.2 Å². The third-order valence-electron chi connectivity index (χ3n) is 3.86. The summed E-state index contributed by atoms with van der Waals surface area (Å²) in [5.74, 6) is -1.26. The molecule has 0 aliphatic carbocycles. The van der Waals surface area contributed by atoms with Crippen LogP contribution in [-0.4, -0.2) is 44.1 Å². The number of ether oxygens (including phenoxy) is 1. The van der Waals surface area contributed by atoms with Crippen LogP contribution in [0.5, 0.6) is 0 Å². The van der Waals surface area contributed by atoms with E-state index in [9.17, 15) is 14.4 Å². The Bertz CT molecular complexity index is 821. The summed E-state index contributed by atoms with van der Waals surface area (Å²) in [5.41, 5.74) is 1.26. The van der Waals surface area contributed by atoms with Crippen molar-refractivity contribution in [2.24, 2.45) is 5.92 Å². The van der Waals surface area contributed by atoms with E-state index >= 15 is 0 Å². The highest BCUT2D eigenvalue weighted by Gasteiger charge is 2.22. The van der Waals surface area contributed by atoms with Crippen molar-refractivity contribution in [2.75, 3.05) is 0 Å². The molecule has 0 saturated carbocycles. The number of rotatable bonds is 10. The minimum absolute atomic E-state index is 0.0633. The molecule has 29 heavy (non-hydrogen) atoms. The van der Waals surface area contributed by atoms with Crippen molar-refractivity contribution >= 4 is 18.0 Å². The number of carboxylic acids is 1. The van der Waals surface area contributed by atoms with E-state index in [2.05, 4.69) is 20.9 Å². The van der Waals surface area contributed by atoms with E-state index in [1.165, 1.54) is 6.20 Å². The van der Waals surface area contributed by atoms with Crippen molar-refractivity contribution in [1.29, 1.82) is 0 Å². The number of nitrogens with zero attached hydrogens (tertiary/aromatic N) is 3. The van der Waals surface area contributed by atoms with E-state index in [1.54, 1.807) is 0 Å². The van der Waals surface area contributed by atoms with Crippen LogP contribution in [0.1, 0.15) is 31.5 Å². The first-order chi connectivity index (χ1) is 13.8. The van der Waals surface area contributed by atoms with Gasteiger partial charge in [0.1, 0.15) is 24.9 Å². The first kappa shape index (κ1) is 21.9. The largest absolute Gasteiger partial charge is 0.480 e. The maximum atomic E-state index is 12.5. The Morgan fingerprint density at radius 1 is 1.21 bits per heavy atom. The molecule has 0 unspecified atom stereocenters. The number of aliphatic carboxylic acids is 1. The van der Waals surface area contributed by atoms with Crippen molar-refractivity contribution in [3.63, 3.8) is 0 Å². The van der Waals surface area contributed by atoms with Gasteiger partial charge in [-0.2, -0.15) is 0 Å². The van der Waals surface area contributed by atoms with Gasteiger partial charge in [-0.3, -0.25) is 9.59 Å². The second kappa shape index (κ2) is 10.8. The number of nitrogens with one attached hydrogen (secondary N) is 2. The predicted molar refractivity (Wildman–Crippen MR) is 103 cm³/mol. The summed E-state index contributed by atoms with van der Waals surface area (Å²) in [7, 11) is 0. The van der Waals surface area contributed by atoms with Gasteiger partial charge in [0.25, 0.3) is 0 Å². The van der Waals surface area contributed by atoms with Crippen LogP contribution in [-0.2, 0) is 34.0 Å². The number of benzene rings is 1. The Labute approximate surface area is 168 Å². The molecular formula is C19H25N5O5. The van der Waals surface area contributed by atoms with Gasteiger partial charge in [0, 0.05) is 0 Å².